The summed E-state index contributed by atoms with van der Waals surface area (Å²) in [5, 5.41) is 13.0. The Kier molecular flexibility index (Phi) is 5.77. The zero-order valence-electron chi connectivity index (χ0n) is 10.4. The fraction of sp³-hybridized carbons (Fsp3) is 0.917. The summed E-state index contributed by atoms with van der Waals surface area (Å²) >= 11 is 0. The van der Waals surface area contributed by atoms with Gasteiger partial charge in [0.15, 0.2) is 0 Å². The number of hydrogen-bond acceptors (Lipinski definition) is 3. The first-order valence-electron chi connectivity index (χ1n) is 6.20. The molecule has 2 atom stereocenters. The maximum absolute atomic E-state index is 11.3. The van der Waals surface area contributed by atoms with Crippen LogP contribution >= 0.6 is 0 Å². The number of aliphatic hydroxyl groups is 1. The molecule has 0 radical (unpaired) electrons. The average molecular weight is 228 g/mol. The van der Waals surface area contributed by atoms with Crippen molar-refractivity contribution in [2.75, 3.05) is 27.2 Å². The molecule has 0 aromatic carbocycles. The highest BCUT2D eigenvalue weighted by Crippen LogP contribution is 2.23. The van der Waals surface area contributed by atoms with Crippen LogP contribution in [-0.4, -0.2) is 49.2 Å². The first-order chi connectivity index (χ1) is 7.61. The van der Waals surface area contributed by atoms with Crippen LogP contribution in [0, 0.1) is 5.92 Å². The van der Waals surface area contributed by atoms with Crippen LogP contribution in [0.1, 0.15) is 32.1 Å². The number of nitrogens with one attached hydrogen (secondary N) is 1. The van der Waals surface area contributed by atoms with E-state index in [-0.39, 0.29) is 12.0 Å². The van der Waals surface area contributed by atoms with Crippen LogP contribution < -0.4 is 5.32 Å². The maximum atomic E-state index is 11.3. The Morgan fingerprint density at radius 3 is 2.69 bits per heavy atom. The second-order valence-corrected chi connectivity index (χ2v) is 4.85. The second-order valence-electron chi connectivity index (χ2n) is 4.85. The molecular formula is C12H24N2O2. The van der Waals surface area contributed by atoms with Gasteiger partial charge in [0.05, 0.1) is 6.10 Å². The molecule has 1 aliphatic rings. The van der Waals surface area contributed by atoms with E-state index in [9.17, 15) is 9.90 Å². The lowest BCUT2D eigenvalue weighted by atomic mass is 9.86. The van der Waals surface area contributed by atoms with Gasteiger partial charge in [0.2, 0.25) is 5.91 Å². The molecule has 0 aromatic heterocycles. The van der Waals surface area contributed by atoms with Crippen LogP contribution in [0.5, 0.6) is 0 Å². The quantitative estimate of drug-likeness (QED) is 0.678. The van der Waals surface area contributed by atoms with Crippen molar-refractivity contribution in [3.05, 3.63) is 0 Å². The Morgan fingerprint density at radius 2 is 2.06 bits per heavy atom. The number of rotatable bonds is 5. The summed E-state index contributed by atoms with van der Waals surface area (Å²) in [6.45, 7) is 1.54. The summed E-state index contributed by atoms with van der Waals surface area (Å²) in [6, 6.07) is 0. The predicted molar refractivity (Wildman–Crippen MR) is 64.1 cm³/mol. The van der Waals surface area contributed by atoms with Gasteiger partial charge in [-0.05, 0) is 18.8 Å². The molecule has 1 saturated carbocycles. The lowest BCUT2D eigenvalue weighted by molar-refractivity contribution is -0.128. The van der Waals surface area contributed by atoms with Gasteiger partial charge in [0.25, 0.3) is 0 Å². The van der Waals surface area contributed by atoms with E-state index >= 15 is 0 Å². The van der Waals surface area contributed by atoms with E-state index in [4.69, 9.17) is 0 Å². The van der Waals surface area contributed by atoms with Crippen molar-refractivity contribution in [3.63, 3.8) is 0 Å². The Labute approximate surface area is 98.0 Å². The molecule has 16 heavy (non-hydrogen) atoms. The minimum atomic E-state index is -0.147. The first kappa shape index (κ1) is 13.5. The number of carbonyl (C=O) groups excluding carboxylic acids is 1. The normalized spacial score (nSPS) is 25.4. The lowest BCUT2D eigenvalue weighted by Gasteiger charge is -2.27. The molecule has 0 aliphatic heterocycles. The van der Waals surface area contributed by atoms with Crippen LogP contribution in [0.2, 0.25) is 0 Å². The number of carbonyl (C=O) groups is 1. The molecule has 1 fully saturated rings. The minimum Gasteiger partial charge on any atom is -0.393 e. The molecule has 94 valence electrons. The summed E-state index contributed by atoms with van der Waals surface area (Å²) < 4.78 is 0. The van der Waals surface area contributed by atoms with Crippen molar-refractivity contribution in [1.29, 1.82) is 0 Å². The first-order valence-corrected chi connectivity index (χ1v) is 6.20. The fourth-order valence-corrected chi connectivity index (χ4v) is 2.13. The van der Waals surface area contributed by atoms with Crippen molar-refractivity contribution < 1.29 is 9.90 Å². The third kappa shape index (κ3) is 4.49. The molecule has 0 heterocycles. The third-order valence-corrected chi connectivity index (χ3v) is 3.29. The third-order valence-electron chi connectivity index (χ3n) is 3.29. The van der Waals surface area contributed by atoms with Gasteiger partial charge in [-0.15, -0.1) is 0 Å². The molecule has 4 nitrogen and oxygen atoms in total. The maximum Gasteiger partial charge on any atom is 0.223 e. The highest BCUT2D eigenvalue weighted by Gasteiger charge is 2.22. The van der Waals surface area contributed by atoms with Gasteiger partial charge in [-0.25, -0.2) is 0 Å². The van der Waals surface area contributed by atoms with E-state index in [1.54, 1.807) is 19.0 Å². The van der Waals surface area contributed by atoms with Crippen LogP contribution in [0.4, 0.5) is 0 Å². The van der Waals surface area contributed by atoms with E-state index in [0.29, 0.717) is 18.9 Å². The Morgan fingerprint density at radius 1 is 1.38 bits per heavy atom. The second kappa shape index (κ2) is 6.86. The highest BCUT2D eigenvalue weighted by atomic mass is 16.3. The number of hydrogen-bond donors (Lipinski definition) is 2. The van der Waals surface area contributed by atoms with E-state index in [0.717, 1.165) is 25.8 Å². The van der Waals surface area contributed by atoms with E-state index in [1.165, 1.54) is 6.42 Å². The standard InChI is InChI=1S/C12H24N2O2/c1-14(2)12(16)7-8-13-9-10-5-3-4-6-11(10)15/h10-11,13,15H,3-9H2,1-2H3. The summed E-state index contributed by atoms with van der Waals surface area (Å²) in [5.74, 6) is 0.528. The fourth-order valence-electron chi connectivity index (χ4n) is 2.13. The van der Waals surface area contributed by atoms with Crippen LogP contribution in [0.3, 0.4) is 0 Å². The van der Waals surface area contributed by atoms with Crippen molar-refractivity contribution in [1.82, 2.24) is 10.2 Å². The molecular weight excluding hydrogens is 204 g/mol. The molecule has 2 unspecified atom stereocenters. The number of aliphatic hydroxyl groups excluding tert-OH is 1. The molecule has 0 bridgehead atoms. The van der Waals surface area contributed by atoms with E-state index in [1.807, 2.05) is 0 Å². The molecule has 0 aromatic rings. The molecule has 2 N–H and O–H groups in total. The van der Waals surface area contributed by atoms with Gasteiger partial charge in [-0.3, -0.25) is 4.79 Å². The smallest absolute Gasteiger partial charge is 0.223 e. The monoisotopic (exact) mass is 228 g/mol. The number of nitrogens with zero attached hydrogens (tertiary/aromatic N) is 1. The van der Waals surface area contributed by atoms with Gasteiger partial charge < -0.3 is 15.3 Å². The van der Waals surface area contributed by atoms with Gasteiger partial charge in [-0.2, -0.15) is 0 Å². The predicted octanol–water partition coefficient (Wildman–Crippen LogP) is 0.605. The zero-order chi connectivity index (χ0) is 12.0. The van der Waals surface area contributed by atoms with E-state index < -0.39 is 0 Å². The molecule has 4 heteroatoms. The SMILES string of the molecule is CN(C)C(=O)CCNCC1CCCCC1O. The Balaban J connectivity index is 2.08. The summed E-state index contributed by atoms with van der Waals surface area (Å²) in [4.78, 5) is 12.9. The highest BCUT2D eigenvalue weighted by molar-refractivity contribution is 5.75. The molecule has 1 aliphatic carbocycles. The average Bonchev–Trinajstić information content (AvgIpc) is 2.26. The van der Waals surface area contributed by atoms with Gasteiger partial charge in [0.1, 0.15) is 0 Å². The van der Waals surface area contributed by atoms with Crippen molar-refractivity contribution in [2.24, 2.45) is 5.92 Å². The number of amides is 1. The topological polar surface area (TPSA) is 52.6 Å². The van der Waals surface area contributed by atoms with Crippen molar-refractivity contribution in [3.8, 4) is 0 Å². The Hall–Kier alpha value is -0.610. The zero-order valence-corrected chi connectivity index (χ0v) is 10.4. The summed E-state index contributed by atoms with van der Waals surface area (Å²) in [6.07, 6.45) is 4.80. The largest absolute Gasteiger partial charge is 0.393 e. The molecule has 0 spiro atoms. The molecule has 1 amide bonds. The van der Waals surface area contributed by atoms with Crippen LogP contribution in [0.15, 0.2) is 0 Å². The molecule has 1 rings (SSSR count). The summed E-state index contributed by atoms with van der Waals surface area (Å²) in [7, 11) is 3.54. The lowest BCUT2D eigenvalue weighted by Crippen LogP contribution is -2.35. The van der Waals surface area contributed by atoms with Crippen LogP contribution in [-0.2, 0) is 4.79 Å². The van der Waals surface area contributed by atoms with Crippen molar-refractivity contribution >= 4 is 5.91 Å². The van der Waals surface area contributed by atoms with Crippen molar-refractivity contribution in [2.45, 2.75) is 38.2 Å². The molecule has 0 saturated heterocycles. The Bertz CT molecular complexity index is 219. The minimum absolute atomic E-state index is 0.147. The summed E-state index contributed by atoms with van der Waals surface area (Å²) in [5.41, 5.74) is 0. The van der Waals surface area contributed by atoms with Gasteiger partial charge in [0, 0.05) is 33.6 Å². The van der Waals surface area contributed by atoms with Gasteiger partial charge in [-0.1, -0.05) is 12.8 Å². The van der Waals surface area contributed by atoms with Gasteiger partial charge >= 0.3 is 0 Å². The van der Waals surface area contributed by atoms with Crippen LogP contribution in [0.25, 0.3) is 0 Å². The van der Waals surface area contributed by atoms with E-state index in [2.05, 4.69) is 5.32 Å².